The minimum absolute atomic E-state index is 0.265. The first-order chi connectivity index (χ1) is 19.5. The number of imidazole rings is 1. The molecule has 1 aliphatic rings. The SMILES string of the molecule is COC(=O)Nc1ccc2c(c1)NCCCCC[C@H](NC(=O)/C=C/c1cc(Cl)ccc1-n1cnnn1)c1nc-2c[nH]1. The highest BCUT2D eigenvalue weighted by Crippen LogP contribution is 2.32. The van der Waals surface area contributed by atoms with Crippen molar-refractivity contribution >= 4 is 41.1 Å². The molecular formula is C27H28ClN9O3. The Kier molecular flexibility index (Phi) is 8.35. The van der Waals surface area contributed by atoms with Crippen LogP contribution in [-0.2, 0) is 9.53 Å². The molecule has 0 aliphatic carbocycles. The Hall–Kier alpha value is -4.71. The average molecular weight is 562 g/mol. The molecule has 0 unspecified atom stereocenters. The zero-order valence-corrected chi connectivity index (χ0v) is 22.5. The normalized spacial score (nSPS) is 15.3. The third-order valence-corrected chi connectivity index (χ3v) is 6.69. The maximum atomic E-state index is 13.0. The van der Waals surface area contributed by atoms with Crippen molar-refractivity contribution in [3.63, 3.8) is 0 Å². The predicted octanol–water partition coefficient (Wildman–Crippen LogP) is 4.74. The number of benzene rings is 2. The van der Waals surface area contributed by atoms with E-state index >= 15 is 0 Å². The first-order valence-electron chi connectivity index (χ1n) is 12.8. The molecule has 3 heterocycles. The number of carbonyl (C=O) groups is 2. The summed E-state index contributed by atoms with van der Waals surface area (Å²) in [7, 11) is 1.32. The summed E-state index contributed by atoms with van der Waals surface area (Å²) < 4.78 is 6.21. The summed E-state index contributed by atoms with van der Waals surface area (Å²) in [5.41, 5.74) is 4.44. The van der Waals surface area contributed by atoms with E-state index in [1.54, 1.807) is 30.3 Å². The number of carbonyl (C=O) groups excluding carboxylic acids is 2. The van der Waals surface area contributed by atoms with Gasteiger partial charge in [-0.15, -0.1) is 5.10 Å². The lowest BCUT2D eigenvalue weighted by Crippen LogP contribution is -2.27. The molecule has 0 fully saturated rings. The third-order valence-electron chi connectivity index (χ3n) is 6.46. The fraction of sp³-hybridized carbons (Fsp3) is 0.259. The molecule has 5 rings (SSSR count). The number of nitrogens with one attached hydrogen (secondary N) is 4. The van der Waals surface area contributed by atoms with E-state index in [2.05, 4.69) is 36.5 Å². The van der Waals surface area contributed by atoms with Crippen LogP contribution in [0.5, 0.6) is 0 Å². The summed E-state index contributed by atoms with van der Waals surface area (Å²) in [6, 6.07) is 10.5. The van der Waals surface area contributed by atoms with Gasteiger partial charge in [0.15, 0.2) is 0 Å². The number of anilines is 2. The topological polar surface area (TPSA) is 152 Å². The lowest BCUT2D eigenvalue weighted by atomic mass is 10.1. The minimum atomic E-state index is -0.537. The number of hydrogen-bond donors (Lipinski definition) is 4. The van der Waals surface area contributed by atoms with Crippen LogP contribution in [0.1, 0.15) is 43.1 Å². The molecular weight excluding hydrogens is 534 g/mol. The van der Waals surface area contributed by atoms with Crippen molar-refractivity contribution < 1.29 is 14.3 Å². The van der Waals surface area contributed by atoms with Crippen molar-refractivity contribution in [3.05, 3.63) is 71.4 Å². The van der Waals surface area contributed by atoms with E-state index in [4.69, 9.17) is 21.3 Å². The van der Waals surface area contributed by atoms with Gasteiger partial charge in [-0.25, -0.2) is 9.78 Å². The Balaban J connectivity index is 1.36. The van der Waals surface area contributed by atoms with Crippen molar-refractivity contribution in [1.29, 1.82) is 0 Å². The Morgan fingerprint density at radius 1 is 1.18 bits per heavy atom. The third kappa shape index (κ3) is 6.46. The fourth-order valence-electron chi connectivity index (χ4n) is 4.49. The second-order valence-corrected chi connectivity index (χ2v) is 9.61. The largest absolute Gasteiger partial charge is 0.453 e. The van der Waals surface area contributed by atoms with Gasteiger partial charge >= 0.3 is 6.09 Å². The smallest absolute Gasteiger partial charge is 0.411 e. The second-order valence-electron chi connectivity index (χ2n) is 9.18. The number of ether oxygens (including phenoxy) is 1. The minimum Gasteiger partial charge on any atom is -0.453 e. The van der Waals surface area contributed by atoms with Crippen LogP contribution in [0.3, 0.4) is 0 Å². The molecule has 1 atom stereocenters. The van der Waals surface area contributed by atoms with Gasteiger partial charge in [-0.3, -0.25) is 10.1 Å². The molecule has 4 aromatic rings. The van der Waals surface area contributed by atoms with Crippen LogP contribution in [0.4, 0.5) is 16.2 Å². The molecule has 2 aromatic carbocycles. The number of nitrogens with zero attached hydrogens (tertiary/aromatic N) is 5. The van der Waals surface area contributed by atoms with Crippen LogP contribution in [0.2, 0.25) is 5.02 Å². The Labute approximate surface area is 235 Å². The van der Waals surface area contributed by atoms with E-state index in [1.165, 1.54) is 24.2 Å². The molecule has 206 valence electrons. The molecule has 0 radical (unpaired) electrons. The number of rotatable bonds is 5. The molecule has 2 amide bonds. The fourth-order valence-corrected chi connectivity index (χ4v) is 4.67. The molecule has 0 saturated carbocycles. The van der Waals surface area contributed by atoms with Gasteiger partial charge in [0, 0.05) is 46.3 Å². The number of H-pyrrole nitrogens is 1. The molecule has 4 N–H and O–H groups in total. The summed E-state index contributed by atoms with van der Waals surface area (Å²) in [4.78, 5) is 32.8. The van der Waals surface area contributed by atoms with Crippen molar-refractivity contribution in [2.75, 3.05) is 24.3 Å². The van der Waals surface area contributed by atoms with E-state index in [0.29, 0.717) is 27.8 Å². The maximum Gasteiger partial charge on any atom is 0.411 e. The highest BCUT2D eigenvalue weighted by molar-refractivity contribution is 6.30. The van der Waals surface area contributed by atoms with E-state index < -0.39 is 6.09 Å². The van der Waals surface area contributed by atoms with E-state index in [0.717, 1.165) is 49.2 Å². The van der Waals surface area contributed by atoms with E-state index in [-0.39, 0.29) is 11.9 Å². The quantitative estimate of drug-likeness (QED) is 0.255. The predicted molar refractivity (Wildman–Crippen MR) is 151 cm³/mol. The number of aromatic amines is 1. The first kappa shape index (κ1) is 26.9. The Morgan fingerprint density at radius 2 is 2.08 bits per heavy atom. The van der Waals surface area contributed by atoms with Crippen LogP contribution in [0.15, 0.2) is 55.0 Å². The van der Waals surface area contributed by atoms with Crippen LogP contribution in [0.25, 0.3) is 23.0 Å². The molecule has 0 saturated heterocycles. The van der Waals surface area contributed by atoms with E-state index in [1.807, 2.05) is 18.3 Å². The number of hydrogen-bond acceptors (Lipinski definition) is 8. The van der Waals surface area contributed by atoms with Gasteiger partial charge < -0.3 is 20.4 Å². The summed E-state index contributed by atoms with van der Waals surface area (Å²) in [6.07, 6.45) is 9.46. The van der Waals surface area contributed by atoms with Crippen LogP contribution in [-0.4, -0.2) is 55.8 Å². The molecule has 2 aromatic heterocycles. The van der Waals surface area contributed by atoms with Crippen molar-refractivity contribution in [1.82, 2.24) is 35.5 Å². The van der Waals surface area contributed by atoms with Crippen LogP contribution >= 0.6 is 11.6 Å². The van der Waals surface area contributed by atoms with Crippen molar-refractivity contribution in [2.45, 2.75) is 31.7 Å². The number of amides is 2. The Bertz CT molecular complexity index is 1520. The standard InChI is InChI=1S/C27H28ClN9O3/c1-40-27(39)32-19-8-9-20-22(14-19)29-12-4-2-3-5-21(26-30-15-23(20)34-26)33-25(38)11-6-17-13-18(28)7-10-24(17)37-16-31-35-36-37/h6-11,13-16,21,29H,2-5,12H2,1H3,(H,30,34)(H,32,39)(H,33,38)/b11-6+/t21-/m0/s1. The molecule has 40 heavy (non-hydrogen) atoms. The number of aromatic nitrogens is 6. The number of fused-ring (bicyclic) bond motifs is 4. The zero-order valence-electron chi connectivity index (χ0n) is 21.7. The molecule has 1 aliphatic heterocycles. The van der Waals surface area contributed by atoms with Gasteiger partial charge in [0.05, 0.1) is 24.5 Å². The molecule has 0 spiro atoms. The summed E-state index contributed by atoms with van der Waals surface area (Å²) in [6.45, 7) is 0.759. The maximum absolute atomic E-state index is 13.0. The summed E-state index contributed by atoms with van der Waals surface area (Å²) in [5, 5.41) is 21.1. The number of methoxy groups -OCH3 is 1. The van der Waals surface area contributed by atoms with E-state index in [9.17, 15) is 9.59 Å². The highest BCUT2D eigenvalue weighted by Gasteiger charge is 2.20. The van der Waals surface area contributed by atoms with Gasteiger partial charge in [0.2, 0.25) is 5.91 Å². The van der Waals surface area contributed by atoms with Gasteiger partial charge in [-0.2, -0.15) is 4.68 Å². The monoisotopic (exact) mass is 561 g/mol. The lowest BCUT2D eigenvalue weighted by molar-refractivity contribution is -0.117. The van der Waals surface area contributed by atoms with Gasteiger partial charge in [0.25, 0.3) is 0 Å². The second kappa shape index (κ2) is 12.4. The average Bonchev–Trinajstić information content (AvgIpc) is 3.66. The molecule has 2 bridgehead atoms. The molecule has 13 heteroatoms. The zero-order chi connectivity index (χ0) is 27.9. The lowest BCUT2D eigenvalue weighted by Gasteiger charge is -2.17. The Morgan fingerprint density at radius 3 is 2.90 bits per heavy atom. The molecule has 12 nitrogen and oxygen atoms in total. The van der Waals surface area contributed by atoms with Gasteiger partial charge in [0.1, 0.15) is 12.2 Å². The summed E-state index contributed by atoms with van der Waals surface area (Å²) >= 11 is 6.20. The highest BCUT2D eigenvalue weighted by atomic mass is 35.5. The van der Waals surface area contributed by atoms with Gasteiger partial charge in [-0.05, 0) is 65.7 Å². The van der Waals surface area contributed by atoms with Gasteiger partial charge in [-0.1, -0.05) is 24.4 Å². The van der Waals surface area contributed by atoms with Crippen LogP contribution in [0, 0.1) is 0 Å². The number of tetrazole rings is 1. The summed E-state index contributed by atoms with van der Waals surface area (Å²) in [5.74, 6) is 0.399. The van der Waals surface area contributed by atoms with Crippen LogP contribution < -0.4 is 16.0 Å². The van der Waals surface area contributed by atoms with Crippen molar-refractivity contribution in [2.24, 2.45) is 0 Å². The first-order valence-corrected chi connectivity index (χ1v) is 13.2. The van der Waals surface area contributed by atoms with Crippen molar-refractivity contribution in [3.8, 4) is 16.9 Å². The number of halogens is 1.